The highest BCUT2D eigenvalue weighted by molar-refractivity contribution is 7.98. The van der Waals surface area contributed by atoms with Gasteiger partial charge in [0.15, 0.2) is 0 Å². The number of tetrazole rings is 1. The Balaban J connectivity index is 1.56. The number of thiophene rings is 1. The van der Waals surface area contributed by atoms with Gasteiger partial charge in [-0.25, -0.2) is 14.6 Å². The van der Waals surface area contributed by atoms with Crippen LogP contribution in [0.15, 0.2) is 16.6 Å². The van der Waals surface area contributed by atoms with Crippen molar-refractivity contribution in [2.24, 2.45) is 0 Å². The molecule has 3 heterocycles. The van der Waals surface area contributed by atoms with E-state index in [1.54, 1.807) is 23.1 Å². The van der Waals surface area contributed by atoms with Gasteiger partial charge in [-0.15, -0.1) is 16.4 Å². The van der Waals surface area contributed by atoms with Gasteiger partial charge in [-0.2, -0.15) is 0 Å². The molecule has 1 aliphatic rings. The Hall–Kier alpha value is -1.25. The van der Waals surface area contributed by atoms with Gasteiger partial charge in [0.25, 0.3) is 0 Å². The van der Waals surface area contributed by atoms with Crippen molar-refractivity contribution in [1.82, 2.24) is 30.2 Å². The standard InChI is InChI=1S/C11H9ClN6S2/c12-9-7-3-4-19-10(7)14-8(13-9)5-20-11-15-16-17-18(11)6-1-2-6/h3-4,6H,1-2,5H2. The van der Waals surface area contributed by atoms with Crippen LogP contribution in [0.1, 0.15) is 24.7 Å². The Bertz CT molecular complexity index is 765. The van der Waals surface area contributed by atoms with E-state index in [1.807, 2.05) is 16.1 Å². The lowest BCUT2D eigenvalue weighted by molar-refractivity contribution is 0.565. The van der Waals surface area contributed by atoms with Crippen molar-refractivity contribution in [3.8, 4) is 0 Å². The molecule has 9 heteroatoms. The third kappa shape index (κ3) is 2.27. The van der Waals surface area contributed by atoms with E-state index in [1.165, 1.54) is 0 Å². The molecular formula is C11H9ClN6S2. The summed E-state index contributed by atoms with van der Waals surface area (Å²) >= 11 is 9.27. The number of thioether (sulfide) groups is 1. The van der Waals surface area contributed by atoms with Crippen LogP contribution >= 0.6 is 34.7 Å². The second kappa shape index (κ2) is 4.94. The van der Waals surface area contributed by atoms with Gasteiger partial charge in [-0.3, -0.25) is 0 Å². The van der Waals surface area contributed by atoms with E-state index in [4.69, 9.17) is 11.6 Å². The molecule has 0 spiro atoms. The van der Waals surface area contributed by atoms with Crippen LogP contribution in [0.4, 0.5) is 0 Å². The van der Waals surface area contributed by atoms with Crippen molar-refractivity contribution in [3.05, 3.63) is 22.4 Å². The summed E-state index contributed by atoms with van der Waals surface area (Å²) in [5.41, 5.74) is 0. The fraction of sp³-hybridized carbons (Fsp3) is 0.364. The van der Waals surface area contributed by atoms with Gasteiger partial charge in [0, 0.05) is 5.39 Å². The lowest BCUT2D eigenvalue weighted by Gasteiger charge is -2.02. The fourth-order valence-electron chi connectivity index (χ4n) is 1.88. The minimum Gasteiger partial charge on any atom is -0.221 e. The van der Waals surface area contributed by atoms with Gasteiger partial charge in [0.05, 0.1) is 11.8 Å². The van der Waals surface area contributed by atoms with Crippen LogP contribution < -0.4 is 0 Å². The molecule has 0 saturated heterocycles. The summed E-state index contributed by atoms with van der Waals surface area (Å²) in [6.45, 7) is 0. The molecule has 1 aliphatic carbocycles. The zero-order chi connectivity index (χ0) is 13.5. The normalized spacial score (nSPS) is 15.1. The smallest absolute Gasteiger partial charge is 0.210 e. The highest BCUT2D eigenvalue weighted by Crippen LogP contribution is 2.37. The number of halogens is 1. The SMILES string of the molecule is Clc1nc(CSc2nnnn2C2CC2)nc2sccc12. The Morgan fingerprint density at radius 2 is 2.30 bits per heavy atom. The summed E-state index contributed by atoms with van der Waals surface area (Å²) in [5, 5.41) is 16.0. The summed E-state index contributed by atoms with van der Waals surface area (Å²) in [6, 6.07) is 2.41. The quantitative estimate of drug-likeness (QED) is 0.543. The highest BCUT2D eigenvalue weighted by atomic mass is 35.5. The molecule has 0 aromatic carbocycles. The van der Waals surface area contributed by atoms with Crippen molar-refractivity contribution in [1.29, 1.82) is 0 Å². The molecule has 0 unspecified atom stereocenters. The zero-order valence-corrected chi connectivity index (χ0v) is 12.6. The lowest BCUT2D eigenvalue weighted by Crippen LogP contribution is -2.00. The molecular weight excluding hydrogens is 316 g/mol. The van der Waals surface area contributed by atoms with Crippen molar-refractivity contribution >= 4 is 44.9 Å². The van der Waals surface area contributed by atoms with Gasteiger partial charge in [0.1, 0.15) is 15.8 Å². The molecule has 0 aliphatic heterocycles. The van der Waals surface area contributed by atoms with Crippen LogP contribution in [-0.4, -0.2) is 30.2 Å². The summed E-state index contributed by atoms with van der Waals surface area (Å²) in [5.74, 6) is 1.32. The number of fused-ring (bicyclic) bond motifs is 1. The molecule has 0 radical (unpaired) electrons. The summed E-state index contributed by atoms with van der Waals surface area (Å²) in [7, 11) is 0. The van der Waals surface area contributed by atoms with Gasteiger partial charge in [-0.1, -0.05) is 23.4 Å². The van der Waals surface area contributed by atoms with Crippen LogP contribution in [0, 0.1) is 0 Å². The Morgan fingerprint density at radius 1 is 1.40 bits per heavy atom. The summed E-state index contributed by atoms with van der Waals surface area (Å²) in [4.78, 5) is 9.75. The van der Waals surface area contributed by atoms with Crippen LogP contribution in [0.25, 0.3) is 10.2 Å². The van der Waals surface area contributed by atoms with Crippen molar-refractivity contribution in [2.45, 2.75) is 29.8 Å². The Kier molecular flexibility index (Phi) is 3.08. The molecule has 0 atom stereocenters. The molecule has 4 rings (SSSR count). The molecule has 0 N–H and O–H groups in total. The highest BCUT2D eigenvalue weighted by Gasteiger charge is 2.27. The maximum absolute atomic E-state index is 6.16. The monoisotopic (exact) mass is 324 g/mol. The topological polar surface area (TPSA) is 69.4 Å². The maximum Gasteiger partial charge on any atom is 0.210 e. The first kappa shape index (κ1) is 12.5. The number of nitrogens with zero attached hydrogens (tertiary/aromatic N) is 6. The number of hydrogen-bond donors (Lipinski definition) is 0. The molecule has 3 aromatic heterocycles. The van der Waals surface area contributed by atoms with Gasteiger partial charge >= 0.3 is 0 Å². The van der Waals surface area contributed by atoms with Gasteiger partial charge < -0.3 is 0 Å². The van der Waals surface area contributed by atoms with E-state index in [0.29, 0.717) is 22.8 Å². The first-order chi connectivity index (χ1) is 9.81. The third-order valence-corrected chi connectivity index (χ3v) is 5.03. The first-order valence-corrected chi connectivity index (χ1v) is 8.36. The molecule has 6 nitrogen and oxygen atoms in total. The van der Waals surface area contributed by atoms with E-state index in [2.05, 4.69) is 25.5 Å². The number of aromatic nitrogens is 6. The van der Waals surface area contributed by atoms with E-state index in [0.717, 1.165) is 28.2 Å². The van der Waals surface area contributed by atoms with Gasteiger partial charge in [-0.05, 0) is 34.7 Å². The van der Waals surface area contributed by atoms with Crippen molar-refractivity contribution < 1.29 is 0 Å². The van der Waals surface area contributed by atoms with Crippen LogP contribution in [0.3, 0.4) is 0 Å². The average molecular weight is 325 g/mol. The minimum atomic E-state index is 0.469. The zero-order valence-electron chi connectivity index (χ0n) is 10.2. The summed E-state index contributed by atoms with van der Waals surface area (Å²) < 4.78 is 1.88. The van der Waals surface area contributed by atoms with Crippen LogP contribution in [0.2, 0.25) is 5.15 Å². The van der Waals surface area contributed by atoms with E-state index < -0.39 is 0 Å². The van der Waals surface area contributed by atoms with Crippen LogP contribution in [-0.2, 0) is 5.75 Å². The molecule has 0 amide bonds. The Morgan fingerprint density at radius 3 is 3.15 bits per heavy atom. The lowest BCUT2D eigenvalue weighted by atomic mass is 10.4. The molecule has 20 heavy (non-hydrogen) atoms. The maximum atomic E-state index is 6.16. The molecule has 0 bridgehead atoms. The van der Waals surface area contributed by atoms with Crippen molar-refractivity contribution in [3.63, 3.8) is 0 Å². The van der Waals surface area contributed by atoms with Gasteiger partial charge in [0.2, 0.25) is 5.16 Å². The van der Waals surface area contributed by atoms with E-state index in [9.17, 15) is 0 Å². The molecule has 102 valence electrons. The van der Waals surface area contributed by atoms with E-state index in [-0.39, 0.29) is 0 Å². The van der Waals surface area contributed by atoms with Crippen LogP contribution in [0.5, 0.6) is 0 Å². The Labute approximate surface area is 127 Å². The number of rotatable bonds is 4. The second-order valence-corrected chi connectivity index (χ2v) is 6.69. The molecule has 3 aromatic rings. The average Bonchev–Trinajstić information content (AvgIpc) is 3.00. The largest absolute Gasteiger partial charge is 0.221 e. The van der Waals surface area contributed by atoms with Crippen molar-refractivity contribution in [2.75, 3.05) is 0 Å². The predicted octanol–water partition coefficient (Wildman–Crippen LogP) is 2.96. The summed E-state index contributed by atoms with van der Waals surface area (Å²) in [6.07, 6.45) is 2.31. The first-order valence-electron chi connectivity index (χ1n) is 6.11. The fourth-order valence-corrected chi connectivity index (χ4v) is 3.77. The minimum absolute atomic E-state index is 0.469. The third-order valence-electron chi connectivity index (χ3n) is 3.01. The predicted molar refractivity (Wildman–Crippen MR) is 78.1 cm³/mol. The number of hydrogen-bond acceptors (Lipinski definition) is 7. The van der Waals surface area contributed by atoms with E-state index >= 15 is 0 Å². The second-order valence-electron chi connectivity index (χ2n) is 4.50. The molecule has 1 saturated carbocycles. The molecule has 1 fully saturated rings.